The van der Waals surface area contributed by atoms with Crippen molar-refractivity contribution in [1.29, 1.82) is 0 Å². The Balaban J connectivity index is 1.49. The van der Waals surface area contributed by atoms with Crippen LogP contribution >= 0.6 is 39.1 Å². The van der Waals surface area contributed by atoms with Gasteiger partial charge in [0.05, 0.1) is 26.7 Å². The van der Waals surface area contributed by atoms with E-state index < -0.39 is 10.0 Å². The molecule has 3 unspecified atom stereocenters. The highest BCUT2D eigenvalue weighted by atomic mass is 79.9. The van der Waals surface area contributed by atoms with Gasteiger partial charge in [0.25, 0.3) is 10.0 Å². The Morgan fingerprint density at radius 1 is 1.03 bits per heavy atom. The highest BCUT2D eigenvalue weighted by Crippen LogP contribution is 2.50. The van der Waals surface area contributed by atoms with E-state index in [0.717, 1.165) is 22.1 Å². The van der Waals surface area contributed by atoms with Crippen LogP contribution < -0.4 is 10.0 Å². The standard InChI is InChI=1S/C24H19BrCl2N2O2S/c25-15-9-7-14(8-10-15)24-18-4-1-3-17(18)19-13-16(11-12-21(19)28-24)32(30,31)29-22-6-2-5-20(26)23(22)27/h1-3,5-13,17-18,24,28-29H,4H2. The topological polar surface area (TPSA) is 58.2 Å². The Labute approximate surface area is 205 Å². The molecule has 0 fully saturated rings. The first-order chi connectivity index (χ1) is 15.3. The Hall–Kier alpha value is -1.99. The third-order valence-corrected chi connectivity index (χ3v) is 8.78. The monoisotopic (exact) mass is 548 g/mol. The van der Waals surface area contributed by atoms with Crippen LogP contribution in [0.2, 0.25) is 10.0 Å². The molecule has 0 spiro atoms. The summed E-state index contributed by atoms with van der Waals surface area (Å²) in [6.45, 7) is 0. The molecule has 2 aliphatic rings. The van der Waals surface area contributed by atoms with Crippen LogP contribution in [-0.2, 0) is 10.0 Å². The van der Waals surface area contributed by atoms with Gasteiger partial charge in [-0.1, -0.05) is 69.5 Å². The summed E-state index contributed by atoms with van der Waals surface area (Å²) in [4.78, 5) is 0.190. The molecule has 0 saturated carbocycles. The van der Waals surface area contributed by atoms with Gasteiger partial charge in [-0.25, -0.2) is 8.42 Å². The van der Waals surface area contributed by atoms with E-state index >= 15 is 0 Å². The number of hydrogen-bond donors (Lipinski definition) is 2. The van der Waals surface area contributed by atoms with Crippen molar-refractivity contribution >= 4 is 60.5 Å². The maximum Gasteiger partial charge on any atom is 0.261 e. The SMILES string of the molecule is O=S(=O)(Nc1cccc(Cl)c1Cl)c1ccc2c(c1)C1C=CCC1C(c1ccc(Br)cc1)N2. The molecule has 2 N–H and O–H groups in total. The fourth-order valence-corrected chi connectivity index (χ4v) is 6.30. The van der Waals surface area contributed by atoms with Crippen LogP contribution in [0.15, 0.2) is 82.2 Å². The van der Waals surface area contributed by atoms with E-state index in [9.17, 15) is 8.42 Å². The van der Waals surface area contributed by atoms with E-state index in [4.69, 9.17) is 23.2 Å². The zero-order valence-electron chi connectivity index (χ0n) is 16.7. The fourth-order valence-electron chi connectivity index (χ4n) is 4.53. The summed E-state index contributed by atoms with van der Waals surface area (Å²) in [5, 5.41) is 4.11. The molecule has 4 nitrogen and oxygen atoms in total. The number of anilines is 2. The maximum atomic E-state index is 13.1. The van der Waals surface area contributed by atoms with Gasteiger partial charge in [0.1, 0.15) is 0 Å². The molecule has 0 amide bonds. The molecule has 0 radical (unpaired) electrons. The van der Waals surface area contributed by atoms with Crippen molar-refractivity contribution in [1.82, 2.24) is 0 Å². The zero-order valence-corrected chi connectivity index (χ0v) is 20.6. The Kier molecular flexibility index (Phi) is 5.74. The van der Waals surface area contributed by atoms with Crippen LogP contribution in [0.3, 0.4) is 0 Å². The van der Waals surface area contributed by atoms with Gasteiger partial charge in [-0.2, -0.15) is 0 Å². The van der Waals surface area contributed by atoms with Crippen molar-refractivity contribution in [2.75, 3.05) is 10.0 Å². The van der Waals surface area contributed by atoms with Gasteiger partial charge in [0.15, 0.2) is 0 Å². The van der Waals surface area contributed by atoms with Gasteiger partial charge in [0.2, 0.25) is 0 Å². The third-order valence-electron chi connectivity index (χ3n) is 6.07. The maximum absolute atomic E-state index is 13.1. The number of nitrogens with one attached hydrogen (secondary N) is 2. The quantitative estimate of drug-likeness (QED) is 0.334. The summed E-state index contributed by atoms with van der Waals surface area (Å²) in [6.07, 6.45) is 5.31. The highest BCUT2D eigenvalue weighted by molar-refractivity contribution is 9.10. The molecule has 3 aromatic carbocycles. The van der Waals surface area contributed by atoms with Crippen LogP contribution in [0.4, 0.5) is 11.4 Å². The minimum Gasteiger partial charge on any atom is -0.378 e. The lowest BCUT2D eigenvalue weighted by Gasteiger charge is -2.37. The summed E-state index contributed by atoms with van der Waals surface area (Å²) in [7, 11) is -3.84. The highest BCUT2D eigenvalue weighted by Gasteiger charge is 2.38. The molecule has 8 heteroatoms. The van der Waals surface area contributed by atoms with E-state index in [1.807, 2.05) is 18.2 Å². The number of benzene rings is 3. The molecule has 164 valence electrons. The zero-order chi connectivity index (χ0) is 22.5. The van der Waals surface area contributed by atoms with Crippen molar-refractivity contribution in [2.45, 2.75) is 23.3 Å². The van der Waals surface area contributed by atoms with Gasteiger partial charge in [-0.3, -0.25) is 4.72 Å². The number of halogens is 3. The van der Waals surface area contributed by atoms with Crippen LogP contribution in [0.25, 0.3) is 0 Å². The predicted molar refractivity (Wildman–Crippen MR) is 134 cm³/mol. The third kappa shape index (κ3) is 3.94. The number of hydrogen-bond acceptors (Lipinski definition) is 3. The molecule has 1 aliphatic carbocycles. The summed E-state index contributed by atoms with van der Waals surface area (Å²) in [6, 6.07) is 18.6. The van der Waals surface area contributed by atoms with Gasteiger partial charge >= 0.3 is 0 Å². The summed E-state index contributed by atoms with van der Waals surface area (Å²) in [5.41, 5.74) is 3.40. The minimum absolute atomic E-state index is 0.143. The lowest BCUT2D eigenvalue weighted by Crippen LogP contribution is -2.29. The molecule has 32 heavy (non-hydrogen) atoms. The average molecular weight is 550 g/mol. The first-order valence-corrected chi connectivity index (χ1v) is 13.2. The van der Waals surface area contributed by atoms with E-state index in [2.05, 4.69) is 50.3 Å². The first kappa shape index (κ1) is 21.8. The Bertz CT molecular complexity index is 1330. The van der Waals surface area contributed by atoms with Crippen molar-refractivity contribution in [3.8, 4) is 0 Å². The van der Waals surface area contributed by atoms with Gasteiger partial charge in [0, 0.05) is 16.1 Å². The van der Waals surface area contributed by atoms with Crippen molar-refractivity contribution in [2.24, 2.45) is 5.92 Å². The number of fused-ring (bicyclic) bond motifs is 3. The minimum atomic E-state index is -3.84. The molecule has 3 aromatic rings. The second kappa shape index (κ2) is 8.41. The molecular formula is C24H19BrCl2N2O2S. The largest absolute Gasteiger partial charge is 0.378 e. The van der Waals surface area contributed by atoms with E-state index in [1.54, 1.807) is 30.3 Å². The lowest BCUT2D eigenvalue weighted by molar-refractivity contribution is 0.425. The molecule has 5 rings (SSSR count). The predicted octanol–water partition coefficient (Wildman–Crippen LogP) is 7.38. The number of sulfonamides is 1. The molecule has 0 saturated heterocycles. The van der Waals surface area contributed by atoms with Crippen LogP contribution in [0.5, 0.6) is 0 Å². The van der Waals surface area contributed by atoms with Crippen LogP contribution in [0.1, 0.15) is 29.5 Å². The second-order valence-electron chi connectivity index (χ2n) is 7.98. The second-order valence-corrected chi connectivity index (χ2v) is 11.4. The van der Waals surface area contributed by atoms with Crippen LogP contribution in [0, 0.1) is 5.92 Å². The van der Waals surface area contributed by atoms with Gasteiger partial charge < -0.3 is 5.32 Å². The normalized spacial score (nSPS) is 21.5. The molecular weight excluding hydrogens is 531 g/mol. The molecule has 3 atom stereocenters. The number of rotatable bonds is 4. The van der Waals surface area contributed by atoms with Gasteiger partial charge in [-0.15, -0.1) is 0 Å². The molecule has 1 heterocycles. The average Bonchev–Trinajstić information content (AvgIpc) is 3.27. The van der Waals surface area contributed by atoms with Crippen LogP contribution in [-0.4, -0.2) is 8.42 Å². The summed E-state index contributed by atoms with van der Waals surface area (Å²) < 4.78 is 29.8. The van der Waals surface area contributed by atoms with E-state index in [1.165, 1.54) is 5.56 Å². The lowest BCUT2D eigenvalue weighted by atomic mass is 9.77. The summed E-state index contributed by atoms with van der Waals surface area (Å²) in [5.74, 6) is 0.460. The van der Waals surface area contributed by atoms with Crippen molar-refractivity contribution in [3.63, 3.8) is 0 Å². The molecule has 1 aliphatic heterocycles. The Morgan fingerprint density at radius 3 is 2.59 bits per heavy atom. The van der Waals surface area contributed by atoms with E-state index in [0.29, 0.717) is 10.9 Å². The smallest absolute Gasteiger partial charge is 0.261 e. The Morgan fingerprint density at radius 2 is 1.81 bits per heavy atom. The van der Waals surface area contributed by atoms with E-state index in [-0.39, 0.29) is 27.6 Å². The number of allylic oxidation sites excluding steroid dienone is 2. The van der Waals surface area contributed by atoms with Gasteiger partial charge in [-0.05, 0) is 65.9 Å². The molecule has 0 aromatic heterocycles. The fraction of sp³-hybridized carbons (Fsp3) is 0.167. The first-order valence-electron chi connectivity index (χ1n) is 10.1. The summed E-state index contributed by atoms with van der Waals surface area (Å²) >= 11 is 15.7. The van der Waals surface area contributed by atoms with Crippen molar-refractivity contribution in [3.05, 3.63) is 98.5 Å². The van der Waals surface area contributed by atoms with Crippen molar-refractivity contribution < 1.29 is 8.42 Å². The molecule has 0 bridgehead atoms.